The van der Waals surface area contributed by atoms with E-state index in [-0.39, 0.29) is 18.4 Å². The summed E-state index contributed by atoms with van der Waals surface area (Å²) in [5.41, 5.74) is -0.777. The molecule has 0 radical (unpaired) electrons. The number of aliphatic hydroxyl groups is 1. The number of nitrogens with one attached hydrogen (secondary N) is 1. The number of amides is 1. The van der Waals surface area contributed by atoms with Gasteiger partial charge in [0.1, 0.15) is 0 Å². The van der Waals surface area contributed by atoms with Gasteiger partial charge in [-0.1, -0.05) is 33.1 Å². The first-order valence-corrected chi connectivity index (χ1v) is 7.51. The van der Waals surface area contributed by atoms with Crippen molar-refractivity contribution >= 4 is 5.91 Å². The summed E-state index contributed by atoms with van der Waals surface area (Å²) < 4.78 is 5.50. The molecule has 0 aliphatic heterocycles. The third-order valence-electron chi connectivity index (χ3n) is 3.50. The summed E-state index contributed by atoms with van der Waals surface area (Å²) >= 11 is 0. The van der Waals surface area contributed by atoms with E-state index < -0.39 is 5.60 Å². The van der Waals surface area contributed by atoms with Gasteiger partial charge in [0.05, 0.1) is 18.6 Å². The molecule has 1 amide bonds. The summed E-state index contributed by atoms with van der Waals surface area (Å²) in [6.45, 7) is 7.37. The molecule has 0 spiro atoms. The second kappa shape index (κ2) is 7.85. The molecule has 0 aromatic heterocycles. The van der Waals surface area contributed by atoms with Crippen LogP contribution >= 0.6 is 0 Å². The van der Waals surface area contributed by atoms with Crippen LogP contribution in [0.1, 0.15) is 59.3 Å². The van der Waals surface area contributed by atoms with Gasteiger partial charge in [-0.15, -0.1) is 0 Å². The summed E-state index contributed by atoms with van der Waals surface area (Å²) in [5.74, 6) is 0.441. The molecule has 0 saturated heterocycles. The Bertz CT molecular complexity index is 273. The molecule has 1 aliphatic carbocycles. The second-order valence-electron chi connectivity index (χ2n) is 6.36. The zero-order chi connectivity index (χ0) is 14.3. The van der Waals surface area contributed by atoms with Crippen molar-refractivity contribution in [2.45, 2.75) is 70.9 Å². The Morgan fingerprint density at radius 3 is 2.42 bits per heavy atom. The van der Waals surface area contributed by atoms with E-state index in [9.17, 15) is 9.90 Å². The highest BCUT2D eigenvalue weighted by Crippen LogP contribution is 2.30. The molecule has 1 unspecified atom stereocenters. The van der Waals surface area contributed by atoms with Gasteiger partial charge in [0.25, 0.3) is 0 Å². The maximum absolute atomic E-state index is 11.9. The molecule has 4 nitrogen and oxygen atoms in total. The van der Waals surface area contributed by atoms with Crippen LogP contribution in [-0.2, 0) is 9.53 Å². The monoisotopic (exact) mass is 271 g/mol. The molecule has 4 heteroatoms. The zero-order valence-electron chi connectivity index (χ0n) is 12.6. The van der Waals surface area contributed by atoms with Crippen LogP contribution in [0, 0.1) is 5.92 Å². The Kier molecular flexibility index (Phi) is 6.80. The van der Waals surface area contributed by atoms with E-state index in [4.69, 9.17) is 4.74 Å². The standard InChI is InChI=1S/C15H29NO3/c1-12(2)10-19-11-13(3)16-14(17)9-15(18)7-5-4-6-8-15/h12-13,18H,4-11H2,1-3H3,(H,16,17). The predicted octanol–water partition coefficient (Wildman–Crippen LogP) is 2.25. The fraction of sp³-hybridized carbons (Fsp3) is 0.933. The normalized spacial score (nSPS) is 20.3. The quantitative estimate of drug-likeness (QED) is 0.746. The molecule has 0 aromatic rings. The molecule has 1 rings (SSSR count). The SMILES string of the molecule is CC(C)COCC(C)NC(=O)CC1(O)CCCCC1. The van der Waals surface area contributed by atoms with Crippen molar-refractivity contribution in [1.29, 1.82) is 0 Å². The number of carbonyl (C=O) groups is 1. The van der Waals surface area contributed by atoms with Gasteiger partial charge in [-0.2, -0.15) is 0 Å². The van der Waals surface area contributed by atoms with Crippen LogP contribution in [0.3, 0.4) is 0 Å². The van der Waals surface area contributed by atoms with E-state index in [1.54, 1.807) is 0 Å². The smallest absolute Gasteiger partial charge is 0.223 e. The average molecular weight is 271 g/mol. The lowest BCUT2D eigenvalue weighted by Crippen LogP contribution is -2.42. The van der Waals surface area contributed by atoms with Gasteiger partial charge in [-0.05, 0) is 25.7 Å². The lowest BCUT2D eigenvalue weighted by Gasteiger charge is -2.31. The molecule has 2 N–H and O–H groups in total. The zero-order valence-corrected chi connectivity index (χ0v) is 12.6. The van der Waals surface area contributed by atoms with Crippen molar-refractivity contribution in [2.24, 2.45) is 5.92 Å². The van der Waals surface area contributed by atoms with Crippen molar-refractivity contribution in [3.8, 4) is 0 Å². The van der Waals surface area contributed by atoms with E-state index in [1.165, 1.54) is 6.42 Å². The fourth-order valence-corrected chi connectivity index (χ4v) is 2.53. The first-order chi connectivity index (χ1) is 8.91. The highest BCUT2D eigenvalue weighted by Gasteiger charge is 2.31. The van der Waals surface area contributed by atoms with Gasteiger partial charge in [0, 0.05) is 12.6 Å². The van der Waals surface area contributed by atoms with Gasteiger partial charge in [0.15, 0.2) is 0 Å². The van der Waals surface area contributed by atoms with Crippen molar-refractivity contribution in [2.75, 3.05) is 13.2 Å². The Balaban J connectivity index is 2.22. The van der Waals surface area contributed by atoms with E-state index in [2.05, 4.69) is 19.2 Å². The maximum Gasteiger partial charge on any atom is 0.223 e. The number of hydrogen-bond donors (Lipinski definition) is 2. The number of ether oxygens (including phenoxy) is 1. The third-order valence-corrected chi connectivity index (χ3v) is 3.50. The number of hydrogen-bond acceptors (Lipinski definition) is 3. The van der Waals surface area contributed by atoms with Gasteiger partial charge < -0.3 is 15.2 Å². The van der Waals surface area contributed by atoms with Crippen LogP contribution in [0.15, 0.2) is 0 Å². The molecule has 1 atom stereocenters. The minimum Gasteiger partial charge on any atom is -0.389 e. The van der Waals surface area contributed by atoms with Gasteiger partial charge in [-0.25, -0.2) is 0 Å². The minimum absolute atomic E-state index is 0.00144. The molecule has 112 valence electrons. The topological polar surface area (TPSA) is 58.6 Å². The Hall–Kier alpha value is -0.610. The lowest BCUT2D eigenvalue weighted by atomic mass is 9.82. The maximum atomic E-state index is 11.9. The van der Waals surface area contributed by atoms with Crippen LogP contribution in [-0.4, -0.2) is 35.9 Å². The van der Waals surface area contributed by atoms with Gasteiger partial charge in [-0.3, -0.25) is 4.79 Å². The van der Waals surface area contributed by atoms with E-state index >= 15 is 0 Å². The predicted molar refractivity (Wildman–Crippen MR) is 75.9 cm³/mol. The van der Waals surface area contributed by atoms with Gasteiger partial charge >= 0.3 is 0 Å². The fourth-order valence-electron chi connectivity index (χ4n) is 2.53. The highest BCUT2D eigenvalue weighted by molar-refractivity contribution is 5.77. The molecule has 1 aliphatic rings. The number of rotatable bonds is 7. The Morgan fingerprint density at radius 2 is 1.84 bits per heavy atom. The third kappa shape index (κ3) is 6.92. The summed E-state index contributed by atoms with van der Waals surface area (Å²) in [7, 11) is 0. The van der Waals surface area contributed by atoms with Crippen molar-refractivity contribution < 1.29 is 14.6 Å². The summed E-state index contributed by atoms with van der Waals surface area (Å²) in [6, 6.07) is -0.00144. The Labute approximate surface area is 116 Å². The summed E-state index contributed by atoms with van der Waals surface area (Å²) in [4.78, 5) is 11.9. The van der Waals surface area contributed by atoms with Crippen LogP contribution < -0.4 is 5.32 Å². The van der Waals surface area contributed by atoms with Crippen LogP contribution in [0.5, 0.6) is 0 Å². The summed E-state index contributed by atoms with van der Waals surface area (Å²) in [5, 5.41) is 13.2. The van der Waals surface area contributed by atoms with Gasteiger partial charge in [0.2, 0.25) is 5.91 Å². The largest absolute Gasteiger partial charge is 0.389 e. The molecule has 1 fully saturated rings. The summed E-state index contributed by atoms with van der Waals surface area (Å²) in [6.07, 6.45) is 4.94. The van der Waals surface area contributed by atoms with Crippen molar-refractivity contribution in [1.82, 2.24) is 5.32 Å². The molecule has 0 aromatic carbocycles. The first-order valence-electron chi connectivity index (χ1n) is 7.51. The Morgan fingerprint density at radius 1 is 1.21 bits per heavy atom. The minimum atomic E-state index is -0.777. The molecule has 0 heterocycles. The molecule has 0 bridgehead atoms. The van der Waals surface area contributed by atoms with Crippen molar-refractivity contribution in [3.05, 3.63) is 0 Å². The molecule has 1 saturated carbocycles. The average Bonchev–Trinajstić information content (AvgIpc) is 2.28. The molecular formula is C15H29NO3. The molecular weight excluding hydrogens is 242 g/mol. The number of carbonyl (C=O) groups excluding carboxylic acids is 1. The van der Waals surface area contributed by atoms with Crippen LogP contribution in [0.2, 0.25) is 0 Å². The van der Waals surface area contributed by atoms with E-state index in [1.807, 2.05) is 6.92 Å². The lowest BCUT2D eigenvalue weighted by molar-refractivity contribution is -0.128. The van der Waals surface area contributed by atoms with E-state index in [0.717, 1.165) is 25.7 Å². The first kappa shape index (κ1) is 16.4. The van der Waals surface area contributed by atoms with Crippen LogP contribution in [0.4, 0.5) is 0 Å². The molecule has 19 heavy (non-hydrogen) atoms. The highest BCUT2D eigenvalue weighted by atomic mass is 16.5. The van der Waals surface area contributed by atoms with E-state index in [0.29, 0.717) is 19.1 Å². The van der Waals surface area contributed by atoms with Crippen molar-refractivity contribution in [3.63, 3.8) is 0 Å². The second-order valence-corrected chi connectivity index (χ2v) is 6.36. The van der Waals surface area contributed by atoms with Crippen LogP contribution in [0.25, 0.3) is 0 Å².